The predicted molar refractivity (Wildman–Crippen MR) is 85.8 cm³/mol. The molecule has 6 nitrogen and oxygen atoms in total. The highest BCUT2D eigenvalue weighted by Gasteiger charge is 2.10. The fraction of sp³-hybridized carbons (Fsp3) is 0.562. The first kappa shape index (κ1) is 16.3. The minimum atomic E-state index is -0.125. The molecular formula is C16H25N5O. The van der Waals surface area contributed by atoms with E-state index in [1.807, 2.05) is 24.6 Å². The van der Waals surface area contributed by atoms with Crippen LogP contribution >= 0.6 is 0 Å². The Labute approximate surface area is 131 Å². The highest BCUT2D eigenvalue weighted by Crippen LogP contribution is 2.07. The monoisotopic (exact) mass is 303 g/mol. The largest absolute Gasteiger partial charge is 0.351 e. The minimum Gasteiger partial charge on any atom is -0.351 e. The molecule has 0 bridgehead atoms. The Morgan fingerprint density at radius 1 is 1.36 bits per heavy atom. The summed E-state index contributed by atoms with van der Waals surface area (Å²) in [6.07, 6.45) is 1.75. The molecule has 0 spiro atoms. The molecule has 2 aromatic rings. The van der Waals surface area contributed by atoms with Gasteiger partial charge in [0.15, 0.2) is 0 Å². The molecule has 2 N–H and O–H groups in total. The molecule has 6 heteroatoms. The molecular weight excluding hydrogens is 278 g/mol. The van der Waals surface area contributed by atoms with Crippen LogP contribution in [0.2, 0.25) is 0 Å². The van der Waals surface area contributed by atoms with Crippen LogP contribution in [0.5, 0.6) is 0 Å². The number of H-pyrrole nitrogens is 1. The predicted octanol–water partition coefficient (Wildman–Crippen LogP) is 2.24. The van der Waals surface area contributed by atoms with E-state index in [0.717, 1.165) is 36.5 Å². The summed E-state index contributed by atoms with van der Waals surface area (Å²) in [4.78, 5) is 12.0. The third kappa shape index (κ3) is 4.44. The van der Waals surface area contributed by atoms with Gasteiger partial charge in [-0.2, -0.15) is 10.2 Å². The molecule has 0 atom stereocenters. The first-order valence-electron chi connectivity index (χ1n) is 7.79. The molecule has 0 saturated heterocycles. The SMILES string of the molecule is Cc1cc(C)n(CCCNC(=O)c2cc(CC(C)C)[nH]n2)n1. The van der Waals surface area contributed by atoms with E-state index in [0.29, 0.717) is 18.2 Å². The summed E-state index contributed by atoms with van der Waals surface area (Å²) >= 11 is 0. The van der Waals surface area contributed by atoms with Gasteiger partial charge in [0.2, 0.25) is 0 Å². The zero-order chi connectivity index (χ0) is 16.1. The van der Waals surface area contributed by atoms with Gasteiger partial charge >= 0.3 is 0 Å². The van der Waals surface area contributed by atoms with Crippen molar-refractivity contribution in [2.24, 2.45) is 5.92 Å². The van der Waals surface area contributed by atoms with Crippen molar-refractivity contribution in [3.05, 3.63) is 34.9 Å². The number of carbonyl (C=O) groups excluding carboxylic acids is 1. The van der Waals surface area contributed by atoms with Crippen LogP contribution in [0.15, 0.2) is 12.1 Å². The third-order valence-corrected chi connectivity index (χ3v) is 3.43. The Hall–Kier alpha value is -2.11. The maximum absolute atomic E-state index is 12.0. The molecule has 2 rings (SSSR count). The molecule has 0 saturated carbocycles. The molecule has 0 radical (unpaired) electrons. The lowest BCUT2D eigenvalue weighted by molar-refractivity contribution is 0.0947. The lowest BCUT2D eigenvalue weighted by Crippen LogP contribution is -2.25. The van der Waals surface area contributed by atoms with E-state index < -0.39 is 0 Å². The molecule has 0 aliphatic heterocycles. The average Bonchev–Trinajstić information content (AvgIpc) is 3.01. The molecule has 120 valence electrons. The van der Waals surface area contributed by atoms with Crippen molar-refractivity contribution in [3.63, 3.8) is 0 Å². The van der Waals surface area contributed by atoms with Crippen LogP contribution in [-0.4, -0.2) is 32.4 Å². The van der Waals surface area contributed by atoms with Crippen molar-refractivity contribution >= 4 is 5.91 Å². The van der Waals surface area contributed by atoms with Gasteiger partial charge < -0.3 is 5.32 Å². The van der Waals surface area contributed by atoms with Crippen molar-refractivity contribution in [2.75, 3.05) is 6.54 Å². The van der Waals surface area contributed by atoms with Crippen molar-refractivity contribution in [3.8, 4) is 0 Å². The summed E-state index contributed by atoms with van der Waals surface area (Å²) in [5.74, 6) is 0.414. The van der Waals surface area contributed by atoms with Gasteiger partial charge in [-0.25, -0.2) is 0 Å². The van der Waals surface area contributed by atoms with Gasteiger partial charge in [0, 0.05) is 24.5 Å². The van der Waals surface area contributed by atoms with Crippen LogP contribution in [-0.2, 0) is 13.0 Å². The fourth-order valence-corrected chi connectivity index (χ4v) is 2.44. The number of rotatable bonds is 7. The van der Waals surface area contributed by atoms with Crippen molar-refractivity contribution in [2.45, 2.75) is 47.1 Å². The van der Waals surface area contributed by atoms with E-state index in [1.165, 1.54) is 0 Å². The third-order valence-electron chi connectivity index (χ3n) is 3.43. The molecule has 0 aliphatic rings. The van der Waals surface area contributed by atoms with Crippen LogP contribution in [0.3, 0.4) is 0 Å². The number of carbonyl (C=O) groups is 1. The van der Waals surface area contributed by atoms with E-state index >= 15 is 0 Å². The number of amides is 1. The molecule has 1 amide bonds. The Morgan fingerprint density at radius 2 is 2.14 bits per heavy atom. The molecule has 2 aromatic heterocycles. The smallest absolute Gasteiger partial charge is 0.271 e. The molecule has 0 fully saturated rings. The number of aromatic nitrogens is 4. The van der Waals surface area contributed by atoms with Gasteiger partial charge in [-0.3, -0.25) is 14.6 Å². The van der Waals surface area contributed by atoms with E-state index in [4.69, 9.17) is 0 Å². The number of aromatic amines is 1. The summed E-state index contributed by atoms with van der Waals surface area (Å²) < 4.78 is 1.97. The average molecular weight is 303 g/mol. The second-order valence-corrected chi connectivity index (χ2v) is 6.14. The van der Waals surface area contributed by atoms with Gasteiger partial charge in [-0.05, 0) is 44.7 Å². The number of nitrogens with zero attached hydrogens (tertiary/aromatic N) is 3. The number of aryl methyl sites for hydroxylation is 3. The van der Waals surface area contributed by atoms with E-state index in [2.05, 4.69) is 40.5 Å². The lowest BCUT2D eigenvalue weighted by Gasteiger charge is -2.05. The van der Waals surface area contributed by atoms with Crippen LogP contribution < -0.4 is 5.32 Å². The topological polar surface area (TPSA) is 75.6 Å². The van der Waals surface area contributed by atoms with Crippen molar-refractivity contribution < 1.29 is 4.79 Å². The Kier molecular flexibility index (Phi) is 5.35. The Bertz CT molecular complexity index is 626. The van der Waals surface area contributed by atoms with Crippen molar-refractivity contribution in [1.29, 1.82) is 0 Å². The van der Waals surface area contributed by atoms with Gasteiger partial charge in [0.25, 0.3) is 5.91 Å². The highest BCUT2D eigenvalue weighted by atomic mass is 16.1. The summed E-state index contributed by atoms with van der Waals surface area (Å²) in [5.41, 5.74) is 3.63. The maximum Gasteiger partial charge on any atom is 0.271 e. The zero-order valence-electron chi connectivity index (χ0n) is 13.8. The highest BCUT2D eigenvalue weighted by molar-refractivity contribution is 5.92. The molecule has 0 aromatic carbocycles. The number of nitrogens with one attached hydrogen (secondary N) is 2. The van der Waals surface area contributed by atoms with Gasteiger partial charge in [0.05, 0.1) is 5.69 Å². The molecule has 0 aliphatic carbocycles. The van der Waals surface area contributed by atoms with Gasteiger partial charge in [-0.1, -0.05) is 13.8 Å². The summed E-state index contributed by atoms with van der Waals surface area (Å²) in [6.45, 7) is 9.72. The van der Waals surface area contributed by atoms with Crippen LogP contribution in [0, 0.1) is 19.8 Å². The number of hydrogen-bond acceptors (Lipinski definition) is 3. The minimum absolute atomic E-state index is 0.125. The first-order valence-corrected chi connectivity index (χ1v) is 7.79. The van der Waals surface area contributed by atoms with E-state index in [-0.39, 0.29) is 5.91 Å². The van der Waals surface area contributed by atoms with Gasteiger partial charge in [-0.15, -0.1) is 0 Å². The summed E-state index contributed by atoms with van der Waals surface area (Å²) in [6, 6.07) is 3.88. The zero-order valence-corrected chi connectivity index (χ0v) is 13.8. The second-order valence-electron chi connectivity index (χ2n) is 6.14. The molecule has 0 unspecified atom stereocenters. The standard InChI is InChI=1S/C16H25N5O/c1-11(2)8-14-10-15(19-18-14)16(22)17-6-5-7-21-13(4)9-12(3)20-21/h9-11H,5-8H2,1-4H3,(H,17,22)(H,18,19). The van der Waals surface area contributed by atoms with Crippen LogP contribution in [0.25, 0.3) is 0 Å². The van der Waals surface area contributed by atoms with E-state index in [9.17, 15) is 4.79 Å². The second kappa shape index (κ2) is 7.24. The Morgan fingerprint density at radius 3 is 2.77 bits per heavy atom. The molecule has 22 heavy (non-hydrogen) atoms. The van der Waals surface area contributed by atoms with Gasteiger partial charge in [0.1, 0.15) is 5.69 Å². The fourth-order valence-electron chi connectivity index (χ4n) is 2.44. The van der Waals surface area contributed by atoms with E-state index in [1.54, 1.807) is 0 Å². The van der Waals surface area contributed by atoms with Crippen LogP contribution in [0.4, 0.5) is 0 Å². The van der Waals surface area contributed by atoms with Crippen LogP contribution in [0.1, 0.15) is 47.8 Å². The van der Waals surface area contributed by atoms with Crippen molar-refractivity contribution in [1.82, 2.24) is 25.3 Å². The number of hydrogen-bond donors (Lipinski definition) is 2. The summed E-state index contributed by atoms with van der Waals surface area (Å²) in [5, 5.41) is 14.3. The normalized spacial score (nSPS) is 11.1. The maximum atomic E-state index is 12.0. The quantitative estimate of drug-likeness (QED) is 0.770. The molecule has 2 heterocycles. The Balaban J connectivity index is 1.75. The lowest BCUT2D eigenvalue weighted by atomic mass is 10.1. The first-order chi connectivity index (χ1) is 10.5. The summed E-state index contributed by atoms with van der Waals surface area (Å²) in [7, 11) is 0.